The molecule has 1 fully saturated rings. The molecule has 2 aromatic heterocycles. The van der Waals surface area contributed by atoms with E-state index in [0.717, 1.165) is 0 Å². The molecule has 0 aromatic carbocycles. The van der Waals surface area contributed by atoms with Crippen molar-refractivity contribution in [1.82, 2.24) is 19.5 Å². The average molecular weight is 251 g/mol. The number of nitrogen functional groups attached to an aromatic ring is 1. The van der Waals surface area contributed by atoms with Gasteiger partial charge >= 0.3 is 0 Å². The molecular formula is C10H13N5O3. The minimum Gasteiger partial charge on any atom is -0.394 e. The number of nitrogens with two attached hydrogens (primary N) is 1. The second-order valence-corrected chi connectivity index (χ2v) is 4.20. The molecule has 1 aliphatic heterocycles. The van der Waals surface area contributed by atoms with Crippen LogP contribution in [0.3, 0.4) is 0 Å². The lowest BCUT2D eigenvalue weighted by atomic mass is 10.2. The van der Waals surface area contributed by atoms with Crippen molar-refractivity contribution in [3.05, 3.63) is 12.5 Å². The van der Waals surface area contributed by atoms with E-state index >= 15 is 0 Å². The first-order valence-corrected chi connectivity index (χ1v) is 5.58. The highest BCUT2D eigenvalue weighted by Crippen LogP contribution is 2.30. The minimum atomic E-state index is -0.698. The van der Waals surface area contributed by atoms with Crippen LogP contribution in [0.4, 0.5) is 5.95 Å². The summed E-state index contributed by atoms with van der Waals surface area (Å²) in [6, 6.07) is 0. The molecule has 0 aliphatic carbocycles. The highest BCUT2D eigenvalue weighted by molar-refractivity contribution is 5.70. The molecule has 0 spiro atoms. The van der Waals surface area contributed by atoms with E-state index in [9.17, 15) is 5.11 Å². The van der Waals surface area contributed by atoms with Crippen LogP contribution in [0.25, 0.3) is 11.2 Å². The molecular weight excluding hydrogens is 238 g/mol. The van der Waals surface area contributed by atoms with Crippen LogP contribution in [0, 0.1) is 0 Å². The predicted molar refractivity (Wildman–Crippen MR) is 61.4 cm³/mol. The van der Waals surface area contributed by atoms with E-state index in [4.69, 9.17) is 15.6 Å². The third kappa shape index (κ3) is 1.70. The Morgan fingerprint density at radius 2 is 2.33 bits per heavy atom. The lowest BCUT2D eigenvalue weighted by Gasteiger charge is -2.13. The molecule has 0 amide bonds. The molecule has 2 aromatic rings. The van der Waals surface area contributed by atoms with Crippen molar-refractivity contribution in [1.29, 1.82) is 0 Å². The number of fused-ring (bicyclic) bond motifs is 1. The minimum absolute atomic E-state index is 0.154. The topological polar surface area (TPSA) is 119 Å². The summed E-state index contributed by atoms with van der Waals surface area (Å²) in [5, 5.41) is 18.8. The van der Waals surface area contributed by atoms with Gasteiger partial charge in [0.1, 0.15) is 17.8 Å². The molecule has 3 rings (SSSR count). The molecule has 3 atom stereocenters. The predicted octanol–water partition coefficient (Wildman–Crippen LogP) is -0.951. The summed E-state index contributed by atoms with van der Waals surface area (Å²) in [7, 11) is 0. The van der Waals surface area contributed by atoms with Crippen molar-refractivity contribution in [2.75, 3.05) is 12.3 Å². The van der Waals surface area contributed by atoms with Crippen LogP contribution in [0.1, 0.15) is 12.6 Å². The zero-order valence-corrected chi connectivity index (χ0v) is 9.47. The number of nitrogens with zero attached hydrogens (tertiary/aromatic N) is 4. The van der Waals surface area contributed by atoms with E-state index < -0.39 is 18.4 Å². The number of aliphatic hydroxyl groups is 2. The van der Waals surface area contributed by atoms with Gasteiger partial charge in [-0.05, 0) is 0 Å². The lowest BCUT2D eigenvalue weighted by molar-refractivity contribution is -0.0432. The molecule has 1 saturated heterocycles. The van der Waals surface area contributed by atoms with Gasteiger partial charge in [-0.25, -0.2) is 9.97 Å². The Kier molecular flexibility index (Phi) is 2.62. The quantitative estimate of drug-likeness (QED) is 0.629. The van der Waals surface area contributed by atoms with Gasteiger partial charge in [0.15, 0.2) is 5.65 Å². The van der Waals surface area contributed by atoms with E-state index in [-0.39, 0.29) is 12.6 Å². The van der Waals surface area contributed by atoms with Gasteiger partial charge in [0.05, 0.1) is 25.2 Å². The SMILES string of the molecule is Nc1ncc2ncn(C3CC(O)C(CO)O3)c2n1. The third-order valence-corrected chi connectivity index (χ3v) is 3.03. The van der Waals surface area contributed by atoms with Gasteiger partial charge in [-0.1, -0.05) is 0 Å². The summed E-state index contributed by atoms with van der Waals surface area (Å²) >= 11 is 0. The maximum atomic E-state index is 9.71. The average Bonchev–Trinajstić information content (AvgIpc) is 2.91. The van der Waals surface area contributed by atoms with Gasteiger partial charge in [-0.15, -0.1) is 0 Å². The Balaban J connectivity index is 1.98. The van der Waals surface area contributed by atoms with Gasteiger partial charge in [0.2, 0.25) is 5.95 Å². The van der Waals surface area contributed by atoms with Crippen molar-refractivity contribution in [3.63, 3.8) is 0 Å². The van der Waals surface area contributed by atoms with E-state index in [1.807, 2.05) is 0 Å². The first-order chi connectivity index (χ1) is 8.69. The number of aliphatic hydroxyl groups excluding tert-OH is 2. The fourth-order valence-corrected chi connectivity index (χ4v) is 2.10. The zero-order valence-electron chi connectivity index (χ0n) is 9.47. The molecule has 3 heterocycles. The smallest absolute Gasteiger partial charge is 0.222 e. The largest absolute Gasteiger partial charge is 0.394 e. The van der Waals surface area contributed by atoms with Crippen molar-refractivity contribution < 1.29 is 14.9 Å². The fourth-order valence-electron chi connectivity index (χ4n) is 2.10. The van der Waals surface area contributed by atoms with Crippen LogP contribution in [-0.2, 0) is 4.74 Å². The monoisotopic (exact) mass is 251 g/mol. The number of rotatable bonds is 2. The van der Waals surface area contributed by atoms with E-state index in [0.29, 0.717) is 17.6 Å². The molecule has 1 aliphatic rings. The van der Waals surface area contributed by atoms with Gasteiger partial charge in [-0.3, -0.25) is 4.57 Å². The van der Waals surface area contributed by atoms with E-state index in [2.05, 4.69) is 15.0 Å². The van der Waals surface area contributed by atoms with Crippen molar-refractivity contribution in [2.45, 2.75) is 24.9 Å². The Morgan fingerprint density at radius 1 is 1.50 bits per heavy atom. The zero-order chi connectivity index (χ0) is 12.7. The number of aromatic nitrogens is 4. The number of ether oxygens (including phenoxy) is 1. The summed E-state index contributed by atoms with van der Waals surface area (Å²) in [5.41, 5.74) is 6.70. The Hall–Kier alpha value is -1.77. The van der Waals surface area contributed by atoms with E-state index in [1.165, 1.54) is 6.20 Å². The Labute approximate surface area is 102 Å². The van der Waals surface area contributed by atoms with Crippen LogP contribution in [0.2, 0.25) is 0 Å². The molecule has 18 heavy (non-hydrogen) atoms. The first-order valence-electron chi connectivity index (χ1n) is 5.58. The molecule has 0 bridgehead atoms. The van der Waals surface area contributed by atoms with Crippen LogP contribution in [0.15, 0.2) is 12.5 Å². The lowest BCUT2D eigenvalue weighted by Crippen LogP contribution is -2.24. The third-order valence-electron chi connectivity index (χ3n) is 3.03. The molecule has 0 radical (unpaired) electrons. The first kappa shape index (κ1) is 11.3. The van der Waals surface area contributed by atoms with Gasteiger partial charge in [0.25, 0.3) is 0 Å². The fraction of sp³-hybridized carbons (Fsp3) is 0.500. The number of hydrogen-bond donors (Lipinski definition) is 3. The van der Waals surface area contributed by atoms with Crippen LogP contribution < -0.4 is 5.73 Å². The summed E-state index contributed by atoms with van der Waals surface area (Å²) in [6.45, 7) is -0.221. The Morgan fingerprint density at radius 3 is 3.06 bits per heavy atom. The summed E-state index contributed by atoms with van der Waals surface area (Å²) < 4.78 is 7.22. The molecule has 3 unspecified atom stereocenters. The highest BCUT2D eigenvalue weighted by atomic mass is 16.5. The normalized spacial score (nSPS) is 28.0. The number of hydrogen-bond acceptors (Lipinski definition) is 7. The van der Waals surface area contributed by atoms with Crippen molar-refractivity contribution in [3.8, 4) is 0 Å². The maximum Gasteiger partial charge on any atom is 0.222 e. The van der Waals surface area contributed by atoms with Crippen LogP contribution in [-0.4, -0.2) is 48.5 Å². The Bertz CT molecular complexity index is 572. The molecule has 0 saturated carbocycles. The maximum absolute atomic E-state index is 9.71. The van der Waals surface area contributed by atoms with Crippen LogP contribution in [0.5, 0.6) is 0 Å². The number of anilines is 1. The molecule has 8 heteroatoms. The number of imidazole rings is 1. The molecule has 8 nitrogen and oxygen atoms in total. The molecule has 4 N–H and O–H groups in total. The van der Waals surface area contributed by atoms with Gasteiger partial charge in [0, 0.05) is 6.42 Å². The summed E-state index contributed by atoms with van der Waals surface area (Å²) in [5.74, 6) is 0.154. The second-order valence-electron chi connectivity index (χ2n) is 4.20. The van der Waals surface area contributed by atoms with Gasteiger partial charge in [-0.2, -0.15) is 4.98 Å². The van der Waals surface area contributed by atoms with Crippen molar-refractivity contribution >= 4 is 17.1 Å². The van der Waals surface area contributed by atoms with Crippen molar-refractivity contribution in [2.24, 2.45) is 0 Å². The van der Waals surface area contributed by atoms with E-state index in [1.54, 1.807) is 10.9 Å². The second kappa shape index (κ2) is 4.16. The van der Waals surface area contributed by atoms with Crippen LogP contribution >= 0.6 is 0 Å². The summed E-state index contributed by atoms with van der Waals surface area (Å²) in [4.78, 5) is 12.1. The summed E-state index contributed by atoms with van der Waals surface area (Å²) in [6.07, 6.45) is 1.79. The standard InChI is InChI=1S/C10H13N5O3/c11-10-12-2-5-9(14-10)15(4-13-5)8-1-6(17)7(3-16)18-8/h2,4,6-8,16-17H,1,3H2,(H2,11,12,14). The molecule has 96 valence electrons. The highest BCUT2D eigenvalue weighted by Gasteiger charge is 2.35. The van der Waals surface area contributed by atoms with Gasteiger partial charge < -0.3 is 20.7 Å².